The van der Waals surface area contributed by atoms with Crippen LogP contribution in [0.15, 0.2) is 23.7 Å². The van der Waals surface area contributed by atoms with Crippen LogP contribution in [0.2, 0.25) is 0 Å². The van der Waals surface area contributed by atoms with Crippen LogP contribution in [-0.2, 0) is 17.6 Å². The molecular formula is C18H22N2O3S. The predicted octanol–water partition coefficient (Wildman–Crippen LogP) is 2.76. The summed E-state index contributed by atoms with van der Waals surface area (Å²) in [7, 11) is 1.65. The lowest BCUT2D eigenvalue weighted by molar-refractivity contribution is -0.121. The fourth-order valence-electron chi connectivity index (χ4n) is 2.89. The van der Waals surface area contributed by atoms with Crippen LogP contribution in [0.25, 0.3) is 0 Å². The molecule has 1 aromatic heterocycles. The summed E-state index contributed by atoms with van der Waals surface area (Å²) in [4.78, 5) is 17.4. The summed E-state index contributed by atoms with van der Waals surface area (Å²) in [6.45, 7) is 3.22. The van der Waals surface area contributed by atoms with Gasteiger partial charge in [-0.25, -0.2) is 4.98 Å². The molecule has 0 radical (unpaired) electrons. The standard InChI is InChI=1S/C18H22N2O3S/c1-12-16(24-11-20-12)6-7-17(21)19-9-13-8-14-4-3-5-15(22-2)18(14)23-10-13/h3-5,11,13H,6-10H2,1-2H3,(H,19,21). The molecule has 1 aromatic carbocycles. The summed E-state index contributed by atoms with van der Waals surface area (Å²) >= 11 is 1.61. The van der Waals surface area contributed by atoms with E-state index in [0.29, 0.717) is 25.5 Å². The number of carbonyl (C=O) groups excluding carboxylic acids is 1. The molecule has 5 nitrogen and oxygen atoms in total. The molecule has 2 aromatic rings. The topological polar surface area (TPSA) is 60.5 Å². The fourth-order valence-corrected chi connectivity index (χ4v) is 3.67. The van der Waals surface area contributed by atoms with Crippen molar-refractivity contribution < 1.29 is 14.3 Å². The van der Waals surface area contributed by atoms with Gasteiger partial charge in [0.05, 0.1) is 24.9 Å². The minimum absolute atomic E-state index is 0.0826. The lowest BCUT2D eigenvalue weighted by atomic mass is 9.96. The van der Waals surface area contributed by atoms with Crippen molar-refractivity contribution >= 4 is 17.2 Å². The average Bonchev–Trinajstić information content (AvgIpc) is 3.02. The van der Waals surface area contributed by atoms with Gasteiger partial charge in [0.25, 0.3) is 0 Å². The Morgan fingerprint density at radius 3 is 3.12 bits per heavy atom. The third-order valence-corrected chi connectivity index (χ3v) is 5.26. The quantitative estimate of drug-likeness (QED) is 0.874. The van der Waals surface area contributed by atoms with Crippen LogP contribution in [-0.4, -0.2) is 31.2 Å². The summed E-state index contributed by atoms with van der Waals surface area (Å²) in [5.74, 6) is 1.98. The van der Waals surface area contributed by atoms with Crippen LogP contribution in [0.5, 0.6) is 11.5 Å². The van der Waals surface area contributed by atoms with E-state index in [1.165, 1.54) is 4.88 Å². The minimum atomic E-state index is 0.0826. The molecule has 128 valence electrons. The molecule has 1 N–H and O–H groups in total. The molecule has 24 heavy (non-hydrogen) atoms. The SMILES string of the molecule is COc1cccc2c1OCC(CNC(=O)CCc1scnc1C)C2. The maximum atomic E-state index is 12.1. The molecule has 1 unspecified atom stereocenters. The number of thiazole rings is 1. The van der Waals surface area contributed by atoms with Gasteiger partial charge in [0.1, 0.15) is 0 Å². The monoisotopic (exact) mass is 346 g/mol. The molecule has 1 aliphatic rings. The lowest BCUT2D eigenvalue weighted by Gasteiger charge is -2.26. The molecule has 1 aliphatic heterocycles. The molecule has 6 heteroatoms. The zero-order chi connectivity index (χ0) is 16.9. The van der Waals surface area contributed by atoms with Gasteiger partial charge in [-0.2, -0.15) is 0 Å². The maximum absolute atomic E-state index is 12.1. The second kappa shape index (κ2) is 7.66. The largest absolute Gasteiger partial charge is 0.493 e. The molecule has 0 fully saturated rings. The van der Waals surface area contributed by atoms with Crippen molar-refractivity contribution in [3.05, 3.63) is 39.8 Å². The van der Waals surface area contributed by atoms with Crippen LogP contribution < -0.4 is 14.8 Å². The Morgan fingerprint density at radius 1 is 1.50 bits per heavy atom. The van der Waals surface area contributed by atoms with Gasteiger partial charge in [0.2, 0.25) is 5.91 Å². The third-order valence-electron chi connectivity index (χ3n) is 4.26. The second-order valence-electron chi connectivity index (χ2n) is 5.99. The second-order valence-corrected chi connectivity index (χ2v) is 6.93. The Morgan fingerprint density at radius 2 is 2.38 bits per heavy atom. The van der Waals surface area contributed by atoms with E-state index in [4.69, 9.17) is 9.47 Å². The van der Waals surface area contributed by atoms with E-state index >= 15 is 0 Å². The minimum Gasteiger partial charge on any atom is -0.493 e. The van der Waals surface area contributed by atoms with E-state index in [0.717, 1.165) is 35.6 Å². The van der Waals surface area contributed by atoms with Gasteiger partial charge in [-0.05, 0) is 31.4 Å². The number of methoxy groups -OCH3 is 1. The Bertz CT molecular complexity index is 714. The van der Waals surface area contributed by atoms with Crippen LogP contribution >= 0.6 is 11.3 Å². The molecule has 0 saturated carbocycles. The van der Waals surface area contributed by atoms with Crippen molar-refractivity contribution in [1.82, 2.24) is 10.3 Å². The molecule has 0 aliphatic carbocycles. The highest BCUT2D eigenvalue weighted by molar-refractivity contribution is 7.09. The predicted molar refractivity (Wildman–Crippen MR) is 93.9 cm³/mol. The number of nitrogens with one attached hydrogen (secondary N) is 1. The van der Waals surface area contributed by atoms with Crippen LogP contribution in [0, 0.1) is 12.8 Å². The molecule has 1 amide bonds. The first-order chi connectivity index (χ1) is 11.7. The summed E-state index contributed by atoms with van der Waals surface area (Å²) in [6.07, 6.45) is 2.14. The number of nitrogens with zero attached hydrogens (tertiary/aromatic N) is 1. The molecule has 0 bridgehead atoms. The molecular weight excluding hydrogens is 324 g/mol. The van der Waals surface area contributed by atoms with E-state index in [2.05, 4.69) is 16.4 Å². The van der Waals surface area contributed by atoms with Gasteiger partial charge >= 0.3 is 0 Å². The molecule has 0 spiro atoms. The van der Waals surface area contributed by atoms with Crippen molar-refractivity contribution in [2.45, 2.75) is 26.2 Å². The maximum Gasteiger partial charge on any atom is 0.220 e. The molecule has 3 rings (SSSR count). The van der Waals surface area contributed by atoms with E-state index in [1.54, 1.807) is 18.4 Å². The Kier molecular flexibility index (Phi) is 5.35. The van der Waals surface area contributed by atoms with E-state index in [-0.39, 0.29) is 5.91 Å². The first kappa shape index (κ1) is 16.8. The average molecular weight is 346 g/mol. The van der Waals surface area contributed by atoms with Crippen molar-refractivity contribution in [2.75, 3.05) is 20.3 Å². The molecule has 2 heterocycles. The molecule has 1 atom stereocenters. The van der Waals surface area contributed by atoms with Gasteiger partial charge < -0.3 is 14.8 Å². The van der Waals surface area contributed by atoms with Crippen molar-refractivity contribution in [2.24, 2.45) is 5.92 Å². The number of benzene rings is 1. The van der Waals surface area contributed by atoms with Gasteiger partial charge in [-0.3, -0.25) is 4.79 Å². The lowest BCUT2D eigenvalue weighted by Crippen LogP contribution is -2.35. The van der Waals surface area contributed by atoms with E-state index < -0.39 is 0 Å². The Balaban J connectivity index is 1.47. The van der Waals surface area contributed by atoms with Gasteiger partial charge in [-0.15, -0.1) is 11.3 Å². The smallest absolute Gasteiger partial charge is 0.220 e. The van der Waals surface area contributed by atoms with E-state index in [9.17, 15) is 4.79 Å². The first-order valence-corrected chi connectivity index (χ1v) is 8.99. The number of aromatic nitrogens is 1. The highest BCUT2D eigenvalue weighted by Gasteiger charge is 2.23. The van der Waals surface area contributed by atoms with Crippen molar-refractivity contribution in [1.29, 1.82) is 0 Å². The number of hydrogen-bond acceptors (Lipinski definition) is 5. The van der Waals surface area contributed by atoms with Crippen molar-refractivity contribution in [3.63, 3.8) is 0 Å². The summed E-state index contributed by atoms with van der Waals surface area (Å²) in [5, 5.41) is 3.03. The van der Waals surface area contributed by atoms with E-state index in [1.807, 2.05) is 24.6 Å². The number of ether oxygens (including phenoxy) is 2. The zero-order valence-electron chi connectivity index (χ0n) is 14.0. The zero-order valence-corrected chi connectivity index (χ0v) is 14.8. The summed E-state index contributed by atoms with van der Waals surface area (Å²) in [6, 6.07) is 5.93. The summed E-state index contributed by atoms with van der Waals surface area (Å²) in [5.41, 5.74) is 3.99. The van der Waals surface area contributed by atoms with Crippen molar-refractivity contribution in [3.8, 4) is 11.5 Å². The Hall–Kier alpha value is -2.08. The highest BCUT2D eigenvalue weighted by Crippen LogP contribution is 2.35. The Labute approximate surface area is 146 Å². The summed E-state index contributed by atoms with van der Waals surface area (Å²) < 4.78 is 11.2. The first-order valence-electron chi connectivity index (χ1n) is 8.11. The number of rotatable bonds is 6. The fraction of sp³-hybridized carbons (Fsp3) is 0.444. The van der Waals surface area contributed by atoms with Crippen LogP contribution in [0.4, 0.5) is 0 Å². The number of amides is 1. The van der Waals surface area contributed by atoms with Gasteiger partial charge in [0, 0.05) is 23.8 Å². The highest BCUT2D eigenvalue weighted by atomic mass is 32.1. The number of hydrogen-bond donors (Lipinski definition) is 1. The normalized spacial score (nSPS) is 16.2. The van der Waals surface area contributed by atoms with Gasteiger partial charge in [0.15, 0.2) is 11.5 Å². The van der Waals surface area contributed by atoms with Crippen LogP contribution in [0.3, 0.4) is 0 Å². The number of carbonyl (C=O) groups is 1. The number of fused-ring (bicyclic) bond motifs is 1. The number of para-hydroxylation sites is 1. The van der Waals surface area contributed by atoms with Crippen LogP contribution in [0.1, 0.15) is 22.6 Å². The third kappa shape index (κ3) is 3.87. The number of aryl methyl sites for hydroxylation is 2. The molecule has 0 saturated heterocycles. The van der Waals surface area contributed by atoms with Gasteiger partial charge in [-0.1, -0.05) is 12.1 Å².